The lowest BCUT2D eigenvalue weighted by atomic mass is 10.1. The Labute approximate surface area is 74.6 Å². The summed E-state index contributed by atoms with van der Waals surface area (Å²) < 4.78 is 0. The first-order valence-electron chi connectivity index (χ1n) is 4.76. The van der Waals surface area contributed by atoms with Crippen molar-refractivity contribution in [1.82, 2.24) is 0 Å². The minimum atomic E-state index is 0.463. The van der Waals surface area contributed by atoms with Crippen LogP contribution in [0.15, 0.2) is 17.6 Å². The van der Waals surface area contributed by atoms with Gasteiger partial charge in [0, 0.05) is 6.42 Å². The third-order valence-corrected chi connectivity index (χ3v) is 2.27. The van der Waals surface area contributed by atoms with E-state index >= 15 is 0 Å². The molecule has 0 amide bonds. The van der Waals surface area contributed by atoms with Gasteiger partial charge in [0.25, 0.3) is 0 Å². The van der Waals surface area contributed by atoms with E-state index in [1.54, 1.807) is 0 Å². The van der Waals surface area contributed by atoms with Crippen molar-refractivity contribution in [2.45, 2.75) is 44.6 Å². The van der Waals surface area contributed by atoms with Gasteiger partial charge in [0.1, 0.15) is 0 Å². The third kappa shape index (κ3) is 3.07. The van der Waals surface area contributed by atoms with E-state index in [-0.39, 0.29) is 0 Å². The SMILES string of the molecule is C=CCCC1CCCCC(N)=N1. The Morgan fingerprint density at radius 1 is 1.58 bits per heavy atom. The summed E-state index contributed by atoms with van der Waals surface area (Å²) in [5.74, 6) is 0.849. The summed E-state index contributed by atoms with van der Waals surface area (Å²) in [6.07, 6.45) is 8.80. The van der Waals surface area contributed by atoms with Gasteiger partial charge in [-0.1, -0.05) is 12.5 Å². The molecule has 12 heavy (non-hydrogen) atoms. The molecule has 1 aliphatic rings. The minimum absolute atomic E-state index is 0.463. The van der Waals surface area contributed by atoms with E-state index in [1.165, 1.54) is 19.3 Å². The first-order valence-corrected chi connectivity index (χ1v) is 4.76. The Bertz CT molecular complexity index is 173. The fourth-order valence-electron chi connectivity index (χ4n) is 1.57. The lowest BCUT2D eigenvalue weighted by Gasteiger charge is -2.08. The van der Waals surface area contributed by atoms with Gasteiger partial charge >= 0.3 is 0 Å². The van der Waals surface area contributed by atoms with E-state index in [1.807, 2.05) is 6.08 Å². The number of nitrogens with zero attached hydrogens (tertiary/aromatic N) is 1. The minimum Gasteiger partial charge on any atom is -0.387 e. The van der Waals surface area contributed by atoms with E-state index in [9.17, 15) is 0 Å². The van der Waals surface area contributed by atoms with Crippen molar-refractivity contribution < 1.29 is 0 Å². The molecule has 0 fully saturated rings. The van der Waals surface area contributed by atoms with Crippen LogP contribution in [0.3, 0.4) is 0 Å². The first-order chi connectivity index (χ1) is 5.83. The van der Waals surface area contributed by atoms with Crippen LogP contribution in [-0.2, 0) is 0 Å². The van der Waals surface area contributed by atoms with Crippen molar-refractivity contribution in [3.63, 3.8) is 0 Å². The molecule has 0 bridgehead atoms. The van der Waals surface area contributed by atoms with Crippen LogP contribution in [0.1, 0.15) is 38.5 Å². The van der Waals surface area contributed by atoms with Crippen molar-refractivity contribution in [3.8, 4) is 0 Å². The number of allylic oxidation sites excluding steroid dienone is 1. The molecule has 1 heterocycles. The molecule has 0 spiro atoms. The molecule has 1 unspecified atom stereocenters. The van der Waals surface area contributed by atoms with Crippen LogP contribution in [-0.4, -0.2) is 11.9 Å². The zero-order chi connectivity index (χ0) is 8.81. The zero-order valence-electron chi connectivity index (χ0n) is 7.63. The second-order valence-electron chi connectivity index (χ2n) is 3.39. The highest BCUT2D eigenvalue weighted by Crippen LogP contribution is 2.16. The van der Waals surface area contributed by atoms with Crippen LogP contribution < -0.4 is 5.73 Å². The van der Waals surface area contributed by atoms with Gasteiger partial charge in [-0.25, -0.2) is 0 Å². The molecule has 0 saturated heterocycles. The maximum absolute atomic E-state index is 5.72. The summed E-state index contributed by atoms with van der Waals surface area (Å²) in [7, 11) is 0. The molecule has 0 aromatic heterocycles. The van der Waals surface area contributed by atoms with Crippen LogP contribution in [0.2, 0.25) is 0 Å². The van der Waals surface area contributed by atoms with E-state index in [4.69, 9.17) is 5.73 Å². The van der Waals surface area contributed by atoms with Crippen LogP contribution >= 0.6 is 0 Å². The average Bonchev–Trinajstić information content (AvgIpc) is 2.26. The van der Waals surface area contributed by atoms with Crippen molar-refractivity contribution >= 4 is 5.84 Å². The van der Waals surface area contributed by atoms with Crippen molar-refractivity contribution in [1.29, 1.82) is 0 Å². The molecular weight excluding hydrogens is 148 g/mol. The molecule has 2 heteroatoms. The Morgan fingerprint density at radius 2 is 2.42 bits per heavy atom. The first kappa shape index (κ1) is 9.30. The maximum atomic E-state index is 5.72. The molecule has 0 aromatic carbocycles. The van der Waals surface area contributed by atoms with Gasteiger partial charge in [0.15, 0.2) is 0 Å². The topological polar surface area (TPSA) is 38.4 Å². The van der Waals surface area contributed by atoms with Crippen LogP contribution in [0, 0.1) is 0 Å². The van der Waals surface area contributed by atoms with E-state index in [2.05, 4.69) is 11.6 Å². The van der Waals surface area contributed by atoms with Crippen LogP contribution in [0.4, 0.5) is 0 Å². The molecular formula is C10H18N2. The van der Waals surface area contributed by atoms with Crippen molar-refractivity contribution in [2.24, 2.45) is 10.7 Å². The van der Waals surface area contributed by atoms with Gasteiger partial charge < -0.3 is 5.73 Å². The highest BCUT2D eigenvalue weighted by Gasteiger charge is 2.10. The van der Waals surface area contributed by atoms with E-state index < -0.39 is 0 Å². The highest BCUT2D eigenvalue weighted by molar-refractivity contribution is 5.80. The molecule has 0 radical (unpaired) electrons. The molecule has 0 saturated carbocycles. The van der Waals surface area contributed by atoms with Crippen LogP contribution in [0.5, 0.6) is 0 Å². The summed E-state index contributed by atoms with van der Waals surface area (Å²) in [6.45, 7) is 3.71. The van der Waals surface area contributed by atoms with E-state index in [0.29, 0.717) is 6.04 Å². The van der Waals surface area contributed by atoms with Gasteiger partial charge in [0.2, 0.25) is 0 Å². The maximum Gasteiger partial charge on any atom is 0.0940 e. The molecule has 0 aromatic rings. The molecule has 2 nitrogen and oxygen atoms in total. The lowest BCUT2D eigenvalue weighted by Crippen LogP contribution is -2.13. The molecule has 0 aliphatic carbocycles. The van der Waals surface area contributed by atoms with Gasteiger partial charge in [-0.15, -0.1) is 6.58 Å². The fraction of sp³-hybridized carbons (Fsp3) is 0.700. The summed E-state index contributed by atoms with van der Waals surface area (Å²) in [5, 5.41) is 0. The predicted molar refractivity (Wildman–Crippen MR) is 53.3 cm³/mol. The van der Waals surface area contributed by atoms with Crippen molar-refractivity contribution in [3.05, 3.63) is 12.7 Å². The molecule has 1 atom stereocenters. The average molecular weight is 166 g/mol. The number of amidine groups is 1. The second kappa shape index (κ2) is 4.96. The van der Waals surface area contributed by atoms with Crippen molar-refractivity contribution in [2.75, 3.05) is 0 Å². The number of rotatable bonds is 3. The number of hydrogen-bond acceptors (Lipinski definition) is 2. The van der Waals surface area contributed by atoms with Gasteiger partial charge in [-0.3, -0.25) is 4.99 Å². The summed E-state index contributed by atoms with van der Waals surface area (Å²) in [4.78, 5) is 4.46. The lowest BCUT2D eigenvalue weighted by molar-refractivity contribution is 0.558. The standard InChI is InChI=1S/C10H18N2/c1-2-3-6-9-7-4-5-8-10(11)12-9/h2,9H,1,3-8H2,(H2,11,12). The quantitative estimate of drug-likeness (QED) is 0.642. The normalized spacial score (nSPS) is 24.3. The Kier molecular flexibility index (Phi) is 3.85. The van der Waals surface area contributed by atoms with Crippen LogP contribution in [0.25, 0.3) is 0 Å². The largest absolute Gasteiger partial charge is 0.387 e. The smallest absolute Gasteiger partial charge is 0.0940 e. The number of aliphatic imine (C=N–C) groups is 1. The highest BCUT2D eigenvalue weighted by atomic mass is 14.9. The molecule has 1 aliphatic heterocycles. The van der Waals surface area contributed by atoms with Gasteiger partial charge in [0.05, 0.1) is 11.9 Å². The Hall–Kier alpha value is -0.790. The number of hydrogen-bond donors (Lipinski definition) is 1. The molecule has 68 valence electrons. The monoisotopic (exact) mass is 166 g/mol. The number of nitrogens with two attached hydrogens (primary N) is 1. The Balaban J connectivity index is 2.39. The predicted octanol–water partition coefficient (Wildman–Crippen LogP) is 2.25. The molecule has 2 N–H and O–H groups in total. The Morgan fingerprint density at radius 3 is 3.17 bits per heavy atom. The van der Waals surface area contributed by atoms with E-state index in [0.717, 1.165) is 25.1 Å². The van der Waals surface area contributed by atoms with Gasteiger partial charge in [-0.05, 0) is 25.7 Å². The second-order valence-corrected chi connectivity index (χ2v) is 3.39. The summed E-state index contributed by atoms with van der Waals surface area (Å²) in [6, 6.07) is 0.463. The van der Waals surface area contributed by atoms with Gasteiger partial charge in [-0.2, -0.15) is 0 Å². The molecule has 1 rings (SSSR count). The third-order valence-electron chi connectivity index (χ3n) is 2.27. The fourth-order valence-corrected chi connectivity index (χ4v) is 1.57. The summed E-state index contributed by atoms with van der Waals surface area (Å²) in [5.41, 5.74) is 5.72. The summed E-state index contributed by atoms with van der Waals surface area (Å²) >= 11 is 0. The zero-order valence-corrected chi connectivity index (χ0v) is 7.63.